The molecule has 2 aromatic rings. The highest BCUT2D eigenvalue weighted by Crippen LogP contribution is 2.28. The van der Waals surface area contributed by atoms with Crippen LogP contribution in [0.2, 0.25) is 0 Å². The Morgan fingerprint density at radius 3 is 2.48 bits per heavy atom. The predicted octanol–water partition coefficient (Wildman–Crippen LogP) is 3.81. The molecule has 2 rings (SSSR count). The first kappa shape index (κ1) is 16.5. The average molecular weight is 435 g/mol. The molecule has 0 saturated carbocycles. The Balaban J connectivity index is 2.38. The molecule has 21 heavy (non-hydrogen) atoms. The van der Waals surface area contributed by atoms with Crippen molar-refractivity contribution < 1.29 is 13.5 Å². The summed E-state index contributed by atoms with van der Waals surface area (Å²) < 4.78 is 28.8. The number of sulfonamides is 1. The number of aliphatic hydroxyl groups is 1. The van der Waals surface area contributed by atoms with Crippen molar-refractivity contribution in [3.8, 4) is 0 Å². The second kappa shape index (κ2) is 6.48. The summed E-state index contributed by atoms with van der Waals surface area (Å²) in [6, 6.07) is 9.83. The molecule has 0 aromatic heterocycles. The lowest BCUT2D eigenvalue weighted by atomic mass is 10.1. The quantitative estimate of drug-likeness (QED) is 0.768. The maximum atomic E-state index is 12.4. The second-order valence-electron chi connectivity index (χ2n) is 4.48. The van der Waals surface area contributed by atoms with Crippen molar-refractivity contribution in [3.63, 3.8) is 0 Å². The lowest BCUT2D eigenvalue weighted by Gasteiger charge is -2.11. The topological polar surface area (TPSA) is 66.4 Å². The van der Waals surface area contributed by atoms with E-state index in [0.717, 1.165) is 10.0 Å². The molecule has 0 bridgehead atoms. The highest BCUT2D eigenvalue weighted by Gasteiger charge is 2.16. The number of anilines is 1. The van der Waals surface area contributed by atoms with Crippen LogP contribution >= 0.6 is 31.9 Å². The Morgan fingerprint density at radius 1 is 1.14 bits per heavy atom. The van der Waals surface area contributed by atoms with Crippen LogP contribution in [0.15, 0.2) is 50.2 Å². The number of hydrogen-bond acceptors (Lipinski definition) is 3. The van der Waals surface area contributed by atoms with Crippen LogP contribution in [-0.2, 0) is 16.6 Å². The molecule has 7 heteroatoms. The second-order valence-corrected chi connectivity index (χ2v) is 7.93. The minimum atomic E-state index is -3.70. The van der Waals surface area contributed by atoms with Crippen LogP contribution in [0.1, 0.15) is 11.1 Å². The van der Waals surface area contributed by atoms with E-state index in [1.54, 1.807) is 24.3 Å². The molecule has 112 valence electrons. The first-order chi connectivity index (χ1) is 9.83. The Morgan fingerprint density at radius 2 is 1.86 bits per heavy atom. The summed E-state index contributed by atoms with van der Waals surface area (Å²) in [6.45, 7) is 1.62. The third-order valence-corrected chi connectivity index (χ3v) is 5.49. The van der Waals surface area contributed by atoms with Crippen molar-refractivity contribution in [2.24, 2.45) is 0 Å². The van der Waals surface area contributed by atoms with Gasteiger partial charge in [0.2, 0.25) is 0 Å². The van der Waals surface area contributed by atoms with E-state index in [0.29, 0.717) is 15.7 Å². The molecule has 0 saturated heterocycles. The van der Waals surface area contributed by atoms with Crippen LogP contribution in [0, 0.1) is 6.92 Å². The number of rotatable bonds is 4. The van der Waals surface area contributed by atoms with Gasteiger partial charge in [-0.3, -0.25) is 4.72 Å². The Bertz CT molecular complexity index is 776. The van der Waals surface area contributed by atoms with E-state index in [1.807, 2.05) is 6.92 Å². The van der Waals surface area contributed by atoms with Crippen LogP contribution in [-0.4, -0.2) is 13.5 Å². The van der Waals surface area contributed by atoms with Gasteiger partial charge < -0.3 is 5.11 Å². The maximum Gasteiger partial charge on any atom is 0.261 e. The molecule has 2 N–H and O–H groups in total. The van der Waals surface area contributed by atoms with E-state index >= 15 is 0 Å². The zero-order chi connectivity index (χ0) is 15.6. The fourth-order valence-corrected chi connectivity index (χ4v) is 4.17. The standard InChI is InChI=1S/C14H13Br2NO3S/c1-9-2-4-12(6-10(9)8-18)21(19,20)17-14-5-3-11(15)7-13(14)16/h2-7,17-18H,8H2,1H3. The Hall–Kier alpha value is -0.890. The van der Waals surface area contributed by atoms with Gasteiger partial charge in [-0.05, 0) is 64.3 Å². The van der Waals surface area contributed by atoms with Crippen LogP contribution in [0.25, 0.3) is 0 Å². The van der Waals surface area contributed by atoms with E-state index in [9.17, 15) is 13.5 Å². The molecule has 4 nitrogen and oxygen atoms in total. The fraction of sp³-hybridized carbons (Fsp3) is 0.143. The lowest BCUT2D eigenvalue weighted by molar-refractivity contribution is 0.281. The van der Waals surface area contributed by atoms with Gasteiger partial charge in [0.1, 0.15) is 0 Å². The summed E-state index contributed by atoms with van der Waals surface area (Å²) in [7, 11) is -3.70. The molecule has 2 aromatic carbocycles. The van der Waals surface area contributed by atoms with Crippen molar-refractivity contribution >= 4 is 47.6 Å². The van der Waals surface area contributed by atoms with Gasteiger partial charge in [0.15, 0.2) is 0 Å². The summed E-state index contributed by atoms with van der Waals surface area (Å²) in [5.41, 5.74) is 1.89. The van der Waals surface area contributed by atoms with Crippen LogP contribution < -0.4 is 4.72 Å². The van der Waals surface area contributed by atoms with Crippen LogP contribution in [0.5, 0.6) is 0 Å². The van der Waals surface area contributed by atoms with E-state index in [2.05, 4.69) is 36.6 Å². The molecule has 0 atom stereocenters. The van der Waals surface area contributed by atoms with Crippen molar-refractivity contribution in [2.75, 3.05) is 4.72 Å². The average Bonchev–Trinajstić information content (AvgIpc) is 2.42. The van der Waals surface area contributed by atoms with Crippen molar-refractivity contribution in [1.29, 1.82) is 0 Å². The van der Waals surface area contributed by atoms with Gasteiger partial charge in [-0.1, -0.05) is 22.0 Å². The van der Waals surface area contributed by atoms with Gasteiger partial charge >= 0.3 is 0 Å². The molecule has 0 heterocycles. The zero-order valence-electron chi connectivity index (χ0n) is 11.1. The Kier molecular flexibility index (Phi) is 5.08. The monoisotopic (exact) mass is 433 g/mol. The molecule has 0 fully saturated rings. The number of aliphatic hydroxyl groups excluding tert-OH is 1. The summed E-state index contributed by atoms with van der Waals surface area (Å²) in [6.07, 6.45) is 0. The van der Waals surface area contributed by atoms with Gasteiger partial charge in [-0.25, -0.2) is 8.42 Å². The molecular formula is C14H13Br2NO3S. The number of hydrogen-bond donors (Lipinski definition) is 2. The first-order valence-corrected chi connectivity index (χ1v) is 9.08. The van der Waals surface area contributed by atoms with Crippen molar-refractivity contribution in [2.45, 2.75) is 18.4 Å². The highest BCUT2D eigenvalue weighted by molar-refractivity contribution is 9.11. The Labute approximate surface area is 140 Å². The molecular weight excluding hydrogens is 422 g/mol. The molecule has 0 spiro atoms. The van der Waals surface area contributed by atoms with E-state index in [4.69, 9.17) is 0 Å². The smallest absolute Gasteiger partial charge is 0.261 e. The van der Waals surface area contributed by atoms with Gasteiger partial charge in [0, 0.05) is 8.95 Å². The summed E-state index contributed by atoms with van der Waals surface area (Å²) in [4.78, 5) is 0.118. The summed E-state index contributed by atoms with van der Waals surface area (Å²) in [5.74, 6) is 0. The van der Waals surface area contributed by atoms with Crippen LogP contribution in [0.4, 0.5) is 5.69 Å². The third kappa shape index (κ3) is 3.85. The predicted molar refractivity (Wildman–Crippen MR) is 89.8 cm³/mol. The van der Waals surface area contributed by atoms with Gasteiger partial charge in [0.25, 0.3) is 10.0 Å². The largest absolute Gasteiger partial charge is 0.392 e. The molecule has 0 aliphatic heterocycles. The lowest BCUT2D eigenvalue weighted by Crippen LogP contribution is -2.14. The maximum absolute atomic E-state index is 12.4. The van der Waals surface area contributed by atoms with Crippen molar-refractivity contribution in [1.82, 2.24) is 0 Å². The van der Waals surface area contributed by atoms with E-state index < -0.39 is 10.0 Å². The molecule has 0 radical (unpaired) electrons. The third-order valence-electron chi connectivity index (χ3n) is 2.98. The molecule has 0 aliphatic rings. The number of halogens is 2. The normalized spacial score (nSPS) is 11.4. The van der Waals surface area contributed by atoms with Gasteiger partial charge in [-0.2, -0.15) is 0 Å². The minimum Gasteiger partial charge on any atom is -0.392 e. The minimum absolute atomic E-state index is 0.118. The number of aryl methyl sites for hydroxylation is 1. The zero-order valence-corrected chi connectivity index (χ0v) is 15.1. The SMILES string of the molecule is Cc1ccc(S(=O)(=O)Nc2ccc(Br)cc2Br)cc1CO. The molecule has 0 amide bonds. The van der Waals surface area contributed by atoms with Gasteiger partial charge in [0.05, 0.1) is 17.2 Å². The number of benzene rings is 2. The fourth-order valence-electron chi connectivity index (χ4n) is 1.76. The van der Waals surface area contributed by atoms with Crippen molar-refractivity contribution in [3.05, 3.63) is 56.5 Å². The molecule has 0 aliphatic carbocycles. The first-order valence-electron chi connectivity index (χ1n) is 6.02. The highest BCUT2D eigenvalue weighted by atomic mass is 79.9. The van der Waals surface area contributed by atoms with E-state index in [-0.39, 0.29) is 11.5 Å². The van der Waals surface area contributed by atoms with Crippen LogP contribution in [0.3, 0.4) is 0 Å². The summed E-state index contributed by atoms with van der Waals surface area (Å²) in [5, 5.41) is 9.25. The molecule has 0 unspecified atom stereocenters. The number of nitrogens with one attached hydrogen (secondary N) is 1. The van der Waals surface area contributed by atoms with E-state index in [1.165, 1.54) is 12.1 Å². The van der Waals surface area contributed by atoms with Gasteiger partial charge in [-0.15, -0.1) is 0 Å². The summed E-state index contributed by atoms with van der Waals surface area (Å²) >= 11 is 6.63.